The average Bonchev–Trinajstić information content (AvgIpc) is 3.46. The Morgan fingerprint density at radius 1 is 1.24 bits per heavy atom. The van der Waals surface area contributed by atoms with Crippen LogP contribution in [-0.4, -0.2) is 50.3 Å². The summed E-state index contributed by atoms with van der Waals surface area (Å²) in [6.45, 7) is 3.52. The molecule has 25 heavy (non-hydrogen) atoms. The van der Waals surface area contributed by atoms with E-state index in [1.807, 2.05) is 0 Å². The molecule has 0 bridgehead atoms. The van der Waals surface area contributed by atoms with Crippen molar-refractivity contribution in [3.63, 3.8) is 0 Å². The molecule has 138 valence electrons. The minimum absolute atomic E-state index is 0.0296. The first kappa shape index (κ1) is 18.1. The Bertz CT molecular complexity index is 554. The van der Waals surface area contributed by atoms with Gasteiger partial charge >= 0.3 is 6.03 Å². The van der Waals surface area contributed by atoms with Crippen LogP contribution in [-0.2, 0) is 4.74 Å². The number of nitrogens with one attached hydrogen (secondary N) is 2. The Hall–Kier alpha value is -1.66. The van der Waals surface area contributed by atoms with Gasteiger partial charge in [-0.3, -0.25) is 0 Å². The number of likely N-dealkylation sites (tertiary alicyclic amines) is 1. The smallest absolute Gasteiger partial charge is 0.315 e. The summed E-state index contributed by atoms with van der Waals surface area (Å²) in [6.07, 6.45) is 4.70. The first-order valence-corrected chi connectivity index (χ1v) is 9.20. The van der Waals surface area contributed by atoms with Gasteiger partial charge in [0.15, 0.2) is 0 Å². The van der Waals surface area contributed by atoms with Gasteiger partial charge in [-0.15, -0.1) is 0 Å². The van der Waals surface area contributed by atoms with Crippen LogP contribution in [0.1, 0.15) is 37.3 Å². The molecule has 1 atom stereocenters. The third-order valence-electron chi connectivity index (χ3n) is 5.19. The highest BCUT2D eigenvalue weighted by atomic mass is 19.1. The largest absolute Gasteiger partial charge is 0.381 e. The molecule has 1 saturated heterocycles. The Balaban J connectivity index is 1.41. The Morgan fingerprint density at radius 3 is 2.52 bits per heavy atom. The molecule has 1 aliphatic heterocycles. The summed E-state index contributed by atoms with van der Waals surface area (Å²) in [7, 11) is 1.77. The number of halogens is 1. The Morgan fingerprint density at radius 2 is 1.92 bits per heavy atom. The summed E-state index contributed by atoms with van der Waals surface area (Å²) < 4.78 is 18.5. The van der Waals surface area contributed by atoms with E-state index in [-0.39, 0.29) is 17.9 Å². The average molecular weight is 349 g/mol. The Kier molecular flexibility index (Phi) is 6.26. The van der Waals surface area contributed by atoms with Crippen molar-refractivity contribution in [2.24, 2.45) is 5.92 Å². The van der Waals surface area contributed by atoms with Crippen LogP contribution in [0.25, 0.3) is 0 Å². The van der Waals surface area contributed by atoms with Crippen LogP contribution in [0.5, 0.6) is 0 Å². The van der Waals surface area contributed by atoms with Crippen molar-refractivity contribution >= 4 is 6.03 Å². The van der Waals surface area contributed by atoms with Gasteiger partial charge < -0.3 is 20.3 Å². The summed E-state index contributed by atoms with van der Waals surface area (Å²) in [5, 5.41) is 6.01. The molecule has 5 nitrogen and oxygen atoms in total. The summed E-state index contributed by atoms with van der Waals surface area (Å²) in [5.74, 6) is 0.212. The van der Waals surface area contributed by atoms with Crippen molar-refractivity contribution < 1.29 is 13.9 Å². The molecule has 3 rings (SSSR count). The minimum atomic E-state index is -0.250. The van der Waals surface area contributed by atoms with Gasteiger partial charge in [0.05, 0.1) is 12.1 Å². The van der Waals surface area contributed by atoms with Crippen molar-refractivity contribution in [1.82, 2.24) is 15.5 Å². The van der Waals surface area contributed by atoms with Crippen molar-refractivity contribution in [3.8, 4) is 0 Å². The normalized spacial score (nSPS) is 20.2. The van der Waals surface area contributed by atoms with Gasteiger partial charge in [-0.2, -0.15) is 0 Å². The van der Waals surface area contributed by atoms with Crippen LogP contribution in [0.3, 0.4) is 0 Å². The van der Waals surface area contributed by atoms with Crippen LogP contribution in [0.4, 0.5) is 9.18 Å². The lowest BCUT2D eigenvalue weighted by Crippen LogP contribution is -2.44. The monoisotopic (exact) mass is 349 g/mol. The number of piperidine rings is 1. The molecular formula is C19H28FN3O2. The van der Waals surface area contributed by atoms with Crippen molar-refractivity contribution in [3.05, 3.63) is 35.6 Å². The van der Waals surface area contributed by atoms with Crippen molar-refractivity contribution in [2.75, 3.05) is 33.3 Å². The number of hydrogen-bond acceptors (Lipinski definition) is 3. The molecule has 0 spiro atoms. The number of ether oxygens (including phenoxy) is 1. The lowest BCUT2D eigenvalue weighted by atomic mass is 10.0. The van der Waals surface area contributed by atoms with Gasteiger partial charge in [0, 0.05) is 33.3 Å². The number of carbonyl (C=O) groups is 1. The third-order valence-corrected chi connectivity index (χ3v) is 5.19. The fourth-order valence-electron chi connectivity index (χ4n) is 3.46. The van der Waals surface area contributed by atoms with E-state index >= 15 is 0 Å². The fourth-order valence-corrected chi connectivity index (χ4v) is 3.46. The van der Waals surface area contributed by atoms with E-state index in [1.165, 1.54) is 12.1 Å². The lowest BCUT2D eigenvalue weighted by molar-refractivity contribution is 0.0416. The van der Waals surface area contributed by atoms with Crippen LogP contribution in [0.15, 0.2) is 24.3 Å². The molecule has 6 heteroatoms. The SMILES string of the molecule is COC1CCN(CCNC(=O)N[C@H](c2ccc(F)cc2)C2CC2)CC1. The summed E-state index contributed by atoms with van der Waals surface area (Å²) in [6, 6.07) is 6.25. The highest BCUT2D eigenvalue weighted by molar-refractivity contribution is 5.74. The fraction of sp³-hybridized carbons (Fsp3) is 0.632. The van der Waals surface area contributed by atoms with E-state index in [2.05, 4.69) is 15.5 Å². The maximum Gasteiger partial charge on any atom is 0.315 e. The van der Waals surface area contributed by atoms with Gasteiger partial charge in [0.1, 0.15) is 5.82 Å². The Labute approximate surface area is 148 Å². The van der Waals surface area contributed by atoms with Crippen molar-refractivity contribution in [2.45, 2.75) is 37.8 Å². The minimum Gasteiger partial charge on any atom is -0.381 e. The van der Waals surface area contributed by atoms with Gasteiger partial charge in [0.25, 0.3) is 0 Å². The van der Waals surface area contributed by atoms with Crippen LogP contribution >= 0.6 is 0 Å². The number of rotatable bonds is 7. The van der Waals surface area contributed by atoms with E-state index in [0.29, 0.717) is 18.6 Å². The summed E-state index contributed by atoms with van der Waals surface area (Å²) >= 11 is 0. The molecule has 0 unspecified atom stereocenters. The molecule has 1 heterocycles. The second-order valence-electron chi connectivity index (χ2n) is 7.04. The molecule has 2 amide bonds. The molecule has 0 radical (unpaired) electrons. The van der Waals surface area contributed by atoms with Crippen LogP contribution < -0.4 is 10.6 Å². The molecular weight excluding hydrogens is 321 g/mol. The quantitative estimate of drug-likeness (QED) is 0.796. The van der Waals surface area contributed by atoms with Crippen LogP contribution in [0, 0.1) is 11.7 Å². The molecule has 2 aliphatic rings. The highest BCUT2D eigenvalue weighted by Gasteiger charge is 2.33. The third kappa shape index (κ3) is 5.41. The van der Waals surface area contributed by atoms with Gasteiger partial charge in [-0.05, 0) is 49.3 Å². The highest BCUT2D eigenvalue weighted by Crippen LogP contribution is 2.40. The second-order valence-corrected chi connectivity index (χ2v) is 7.04. The first-order chi connectivity index (χ1) is 12.2. The molecule has 1 aromatic carbocycles. The molecule has 1 aromatic rings. The van der Waals surface area contributed by atoms with E-state index < -0.39 is 0 Å². The number of urea groups is 1. The van der Waals surface area contributed by atoms with Gasteiger partial charge in [-0.25, -0.2) is 9.18 Å². The maximum absolute atomic E-state index is 13.1. The topological polar surface area (TPSA) is 53.6 Å². The number of benzene rings is 1. The van der Waals surface area contributed by atoms with E-state index in [1.54, 1.807) is 19.2 Å². The first-order valence-electron chi connectivity index (χ1n) is 9.20. The molecule has 2 fully saturated rings. The number of hydrogen-bond donors (Lipinski definition) is 2. The molecule has 1 saturated carbocycles. The molecule has 0 aromatic heterocycles. The number of carbonyl (C=O) groups excluding carboxylic acids is 1. The molecule has 1 aliphatic carbocycles. The lowest BCUT2D eigenvalue weighted by Gasteiger charge is -2.31. The number of amides is 2. The zero-order chi connectivity index (χ0) is 17.6. The summed E-state index contributed by atoms with van der Waals surface area (Å²) in [4.78, 5) is 14.6. The predicted octanol–water partition coefficient (Wildman–Crippen LogP) is 2.69. The zero-order valence-corrected chi connectivity index (χ0v) is 14.8. The maximum atomic E-state index is 13.1. The van der Waals surface area contributed by atoms with E-state index in [4.69, 9.17) is 4.74 Å². The standard InChI is InChI=1S/C19H28FN3O2/c1-25-17-8-11-23(12-9-17)13-10-21-19(24)22-18(14-2-3-14)15-4-6-16(20)7-5-15/h4-7,14,17-18H,2-3,8-13H2,1H3,(H2,21,22,24)/t18-/m0/s1. The van der Waals surface area contributed by atoms with E-state index in [9.17, 15) is 9.18 Å². The molecule has 2 N–H and O–H groups in total. The van der Waals surface area contributed by atoms with E-state index in [0.717, 1.165) is 50.9 Å². The second kappa shape index (κ2) is 8.63. The number of methoxy groups -OCH3 is 1. The predicted molar refractivity (Wildman–Crippen MR) is 94.9 cm³/mol. The van der Waals surface area contributed by atoms with Crippen molar-refractivity contribution in [1.29, 1.82) is 0 Å². The van der Waals surface area contributed by atoms with Gasteiger partial charge in [0.2, 0.25) is 0 Å². The zero-order valence-electron chi connectivity index (χ0n) is 14.8. The van der Waals surface area contributed by atoms with Gasteiger partial charge in [-0.1, -0.05) is 12.1 Å². The summed E-state index contributed by atoms with van der Waals surface area (Å²) in [5.41, 5.74) is 0.973. The van der Waals surface area contributed by atoms with Crippen LogP contribution in [0.2, 0.25) is 0 Å². The number of nitrogens with zero attached hydrogens (tertiary/aromatic N) is 1.